The van der Waals surface area contributed by atoms with Crippen LogP contribution in [-0.2, 0) is 4.79 Å². The summed E-state index contributed by atoms with van der Waals surface area (Å²) in [5, 5.41) is 4.76. The number of para-hydroxylation sites is 1. The van der Waals surface area contributed by atoms with Crippen LogP contribution in [-0.4, -0.2) is 12.2 Å². The maximum Gasteiger partial charge on any atom is 0.308 e. The summed E-state index contributed by atoms with van der Waals surface area (Å²) in [4.78, 5) is 10.9. The van der Waals surface area contributed by atoms with Crippen molar-refractivity contribution in [2.75, 3.05) is 5.43 Å². The number of anilines is 1. The van der Waals surface area contributed by atoms with E-state index in [0.717, 1.165) is 5.69 Å². The molecule has 0 amide bonds. The first-order chi connectivity index (χ1) is 10.1. The van der Waals surface area contributed by atoms with E-state index in [9.17, 15) is 4.79 Å². The Labute approximate surface area is 132 Å². The van der Waals surface area contributed by atoms with Gasteiger partial charge in [0.25, 0.3) is 0 Å². The first-order valence-electron chi connectivity index (χ1n) is 6.08. The van der Waals surface area contributed by atoms with E-state index in [1.54, 1.807) is 0 Å². The summed E-state index contributed by atoms with van der Waals surface area (Å²) in [5.74, 6) is -0.139. The molecule has 0 fully saturated rings. The van der Waals surface area contributed by atoms with E-state index >= 15 is 0 Å². The predicted octanol–water partition coefficient (Wildman–Crippen LogP) is 4.36. The number of hydrogen-bond acceptors (Lipinski definition) is 4. The molecule has 0 heterocycles. The van der Waals surface area contributed by atoms with Gasteiger partial charge in [-0.15, -0.1) is 0 Å². The largest absolute Gasteiger partial charge is 0.427 e. The Balaban J connectivity index is 2.15. The van der Waals surface area contributed by atoms with Gasteiger partial charge in [-0.05, 0) is 12.1 Å². The molecule has 0 bridgehead atoms. The second-order valence-corrected chi connectivity index (χ2v) is 4.94. The van der Waals surface area contributed by atoms with E-state index < -0.39 is 5.97 Å². The van der Waals surface area contributed by atoms with Crippen molar-refractivity contribution in [3.8, 4) is 5.75 Å². The highest BCUT2D eigenvalue weighted by molar-refractivity contribution is 6.38. The second kappa shape index (κ2) is 7.11. The Bertz CT molecular complexity index is 650. The molecule has 0 unspecified atom stereocenters. The van der Waals surface area contributed by atoms with Crippen LogP contribution in [0.2, 0.25) is 10.0 Å². The monoisotopic (exact) mass is 322 g/mol. The summed E-state index contributed by atoms with van der Waals surface area (Å²) >= 11 is 12.2. The molecule has 1 N–H and O–H groups in total. The number of carbonyl (C=O) groups is 1. The molecule has 0 radical (unpaired) electrons. The molecule has 108 valence electrons. The van der Waals surface area contributed by atoms with Gasteiger partial charge < -0.3 is 4.74 Å². The van der Waals surface area contributed by atoms with Gasteiger partial charge in [0.15, 0.2) is 0 Å². The van der Waals surface area contributed by atoms with E-state index in [1.807, 2.05) is 30.3 Å². The Morgan fingerprint density at radius 1 is 1.19 bits per heavy atom. The predicted molar refractivity (Wildman–Crippen MR) is 85.4 cm³/mol. The van der Waals surface area contributed by atoms with Crippen LogP contribution in [0.25, 0.3) is 0 Å². The Morgan fingerprint density at radius 2 is 1.81 bits per heavy atom. The average Bonchev–Trinajstić information content (AvgIpc) is 2.42. The molecule has 0 aromatic heterocycles. The quantitative estimate of drug-likeness (QED) is 0.393. The highest BCUT2D eigenvalue weighted by atomic mass is 35.5. The third-order valence-corrected chi connectivity index (χ3v) is 3.10. The van der Waals surface area contributed by atoms with Crippen LogP contribution in [0.1, 0.15) is 12.5 Å². The fraction of sp³-hybridized carbons (Fsp3) is 0.0667. The maximum absolute atomic E-state index is 10.9. The van der Waals surface area contributed by atoms with Gasteiger partial charge in [-0.1, -0.05) is 41.4 Å². The summed E-state index contributed by atoms with van der Waals surface area (Å²) in [7, 11) is 0. The van der Waals surface area contributed by atoms with Crippen molar-refractivity contribution in [1.82, 2.24) is 0 Å². The van der Waals surface area contributed by atoms with Gasteiger partial charge in [-0.2, -0.15) is 5.10 Å². The van der Waals surface area contributed by atoms with Crippen LogP contribution in [0.4, 0.5) is 5.69 Å². The molecular formula is C15H12Cl2N2O2. The van der Waals surface area contributed by atoms with Crippen LogP contribution >= 0.6 is 23.2 Å². The Hall–Kier alpha value is -2.04. The van der Waals surface area contributed by atoms with Gasteiger partial charge in [0.1, 0.15) is 5.75 Å². The Morgan fingerprint density at radius 3 is 2.38 bits per heavy atom. The number of rotatable bonds is 4. The summed E-state index contributed by atoms with van der Waals surface area (Å²) in [6.07, 6.45) is 1.51. The van der Waals surface area contributed by atoms with Crippen LogP contribution in [0.15, 0.2) is 47.6 Å². The molecule has 2 rings (SSSR count). The molecule has 0 saturated carbocycles. The molecule has 21 heavy (non-hydrogen) atoms. The van der Waals surface area contributed by atoms with E-state index in [2.05, 4.69) is 10.5 Å². The number of hydrogen-bond donors (Lipinski definition) is 1. The van der Waals surface area contributed by atoms with Gasteiger partial charge in [0.2, 0.25) is 0 Å². The number of hydrazone groups is 1. The molecular weight excluding hydrogens is 311 g/mol. The molecule has 6 heteroatoms. The number of ether oxygens (including phenoxy) is 1. The highest BCUT2D eigenvalue weighted by Gasteiger charge is 2.08. The van der Waals surface area contributed by atoms with Crippen molar-refractivity contribution >= 4 is 41.1 Å². The number of esters is 1. The maximum atomic E-state index is 10.9. The van der Waals surface area contributed by atoms with Crippen molar-refractivity contribution < 1.29 is 9.53 Å². The fourth-order valence-electron chi connectivity index (χ4n) is 1.59. The number of nitrogens with one attached hydrogen (secondary N) is 1. The number of benzene rings is 2. The van der Waals surface area contributed by atoms with Gasteiger partial charge in [-0.25, -0.2) is 0 Å². The molecule has 2 aromatic carbocycles. The molecule has 0 aliphatic carbocycles. The van der Waals surface area contributed by atoms with Crippen molar-refractivity contribution in [3.05, 3.63) is 58.1 Å². The highest BCUT2D eigenvalue weighted by Crippen LogP contribution is 2.29. The standard InChI is InChI=1S/C15H12Cl2N2O2/c1-10(20)21-12-7-14(16)13(15(17)8-12)9-18-19-11-5-3-2-4-6-11/h2-9,19H,1H3. The molecule has 0 aliphatic heterocycles. The topological polar surface area (TPSA) is 50.7 Å². The summed E-state index contributed by atoms with van der Waals surface area (Å²) < 4.78 is 4.94. The molecule has 0 atom stereocenters. The van der Waals surface area contributed by atoms with Crippen molar-refractivity contribution in [2.24, 2.45) is 5.10 Å². The minimum atomic E-state index is -0.436. The van der Waals surface area contributed by atoms with Crippen LogP contribution in [0.5, 0.6) is 5.75 Å². The summed E-state index contributed by atoms with van der Waals surface area (Å²) in [6, 6.07) is 12.5. The van der Waals surface area contributed by atoms with Crippen LogP contribution in [0, 0.1) is 0 Å². The van der Waals surface area contributed by atoms with E-state index in [1.165, 1.54) is 25.3 Å². The minimum absolute atomic E-state index is 0.297. The van der Waals surface area contributed by atoms with Gasteiger partial charge in [-0.3, -0.25) is 10.2 Å². The SMILES string of the molecule is CC(=O)Oc1cc(Cl)c(C=NNc2ccccc2)c(Cl)c1. The first kappa shape index (κ1) is 15.4. The third kappa shape index (κ3) is 4.48. The van der Waals surface area contributed by atoms with E-state index in [4.69, 9.17) is 27.9 Å². The molecule has 2 aromatic rings. The normalized spacial score (nSPS) is 10.6. The molecule has 0 aliphatic rings. The van der Waals surface area contributed by atoms with Gasteiger partial charge in [0, 0.05) is 24.6 Å². The van der Waals surface area contributed by atoms with Gasteiger partial charge >= 0.3 is 5.97 Å². The van der Waals surface area contributed by atoms with Crippen molar-refractivity contribution in [3.63, 3.8) is 0 Å². The van der Waals surface area contributed by atoms with Crippen molar-refractivity contribution in [1.29, 1.82) is 0 Å². The lowest BCUT2D eigenvalue weighted by molar-refractivity contribution is -0.131. The zero-order chi connectivity index (χ0) is 15.2. The Kier molecular flexibility index (Phi) is 5.20. The number of nitrogens with zero attached hydrogens (tertiary/aromatic N) is 1. The lowest BCUT2D eigenvalue weighted by atomic mass is 10.2. The second-order valence-electron chi connectivity index (χ2n) is 4.13. The number of carbonyl (C=O) groups excluding carboxylic acids is 1. The van der Waals surface area contributed by atoms with E-state index in [-0.39, 0.29) is 0 Å². The van der Waals surface area contributed by atoms with Crippen LogP contribution in [0.3, 0.4) is 0 Å². The minimum Gasteiger partial charge on any atom is -0.427 e. The lowest BCUT2D eigenvalue weighted by Crippen LogP contribution is -2.02. The molecule has 0 saturated heterocycles. The fourth-order valence-corrected chi connectivity index (χ4v) is 2.16. The average molecular weight is 323 g/mol. The van der Waals surface area contributed by atoms with Gasteiger partial charge in [0.05, 0.1) is 21.9 Å². The van der Waals surface area contributed by atoms with E-state index in [0.29, 0.717) is 21.4 Å². The first-order valence-corrected chi connectivity index (χ1v) is 6.83. The zero-order valence-electron chi connectivity index (χ0n) is 11.1. The summed E-state index contributed by atoms with van der Waals surface area (Å²) in [6.45, 7) is 1.31. The molecule has 0 spiro atoms. The lowest BCUT2D eigenvalue weighted by Gasteiger charge is -2.06. The van der Waals surface area contributed by atoms with Crippen LogP contribution < -0.4 is 10.2 Å². The third-order valence-electron chi connectivity index (χ3n) is 2.48. The van der Waals surface area contributed by atoms with Crippen molar-refractivity contribution in [2.45, 2.75) is 6.92 Å². The number of halogens is 2. The zero-order valence-corrected chi connectivity index (χ0v) is 12.7. The smallest absolute Gasteiger partial charge is 0.308 e. The summed E-state index contributed by atoms with van der Waals surface area (Å²) in [5.41, 5.74) is 4.25. The molecule has 4 nitrogen and oxygen atoms in total.